The molecule has 0 saturated carbocycles. The van der Waals surface area contributed by atoms with Gasteiger partial charge in [-0.2, -0.15) is 0 Å². The van der Waals surface area contributed by atoms with Crippen molar-refractivity contribution in [2.45, 2.75) is 24.1 Å². The summed E-state index contributed by atoms with van der Waals surface area (Å²) in [5.74, 6) is 0. The molecule has 0 fully saturated rings. The van der Waals surface area contributed by atoms with E-state index in [1.807, 2.05) is 6.08 Å². The molecule has 0 N–H and O–H groups in total. The highest BCUT2D eigenvalue weighted by Crippen LogP contribution is 2.35. The predicted molar refractivity (Wildman–Crippen MR) is 46.6 cm³/mol. The Morgan fingerprint density at radius 1 is 1.70 bits per heavy atom. The van der Waals surface area contributed by atoms with E-state index in [2.05, 4.69) is 6.58 Å². The second-order valence-corrected chi connectivity index (χ2v) is 3.83. The van der Waals surface area contributed by atoms with Gasteiger partial charge in [0.15, 0.2) is 0 Å². The number of allylic oxidation sites excluding steroid dienone is 3. The van der Waals surface area contributed by atoms with E-state index in [1.165, 1.54) is 0 Å². The van der Waals surface area contributed by atoms with Crippen LogP contribution in [0.3, 0.4) is 0 Å². The fourth-order valence-corrected chi connectivity index (χ4v) is 1.34. The lowest BCUT2D eigenvalue weighted by Gasteiger charge is -2.24. The average molecular weight is 177 g/mol. The van der Waals surface area contributed by atoms with Gasteiger partial charge < -0.3 is 0 Å². The fourth-order valence-electron chi connectivity index (χ4n) is 0.997. The first kappa shape index (κ1) is 8.16. The molecule has 0 aromatic carbocycles. The minimum atomic E-state index is -0.224. The summed E-state index contributed by atoms with van der Waals surface area (Å²) >= 11 is 11.9. The summed E-state index contributed by atoms with van der Waals surface area (Å²) in [6, 6.07) is 0. The monoisotopic (exact) mass is 176 g/mol. The Kier molecular flexibility index (Phi) is 2.43. The summed E-state index contributed by atoms with van der Waals surface area (Å²) < 4.78 is 0. The molecular weight excluding hydrogens is 167 g/mol. The molecule has 0 aromatic rings. The van der Waals surface area contributed by atoms with E-state index in [0.29, 0.717) is 0 Å². The van der Waals surface area contributed by atoms with Crippen molar-refractivity contribution in [3.63, 3.8) is 0 Å². The van der Waals surface area contributed by atoms with Crippen LogP contribution in [0.15, 0.2) is 23.8 Å². The Bertz CT molecular complexity index is 172. The molecule has 0 nitrogen and oxygen atoms in total. The van der Waals surface area contributed by atoms with Crippen LogP contribution in [0.2, 0.25) is 0 Å². The summed E-state index contributed by atoms with van der Waals surface area (Å²) in [6.45, 7) is 3.68. The number of hydrogen-bond donors (Lipinski definition) is 0. The van der Waals surface area contributed by atoms with Crippen molar-refractivity contribution >= 4 is 23.2 Å². The van der Waals surface area contributed by atoms with Crippen molar-refractivity contribution in [2.24, 2.45) is 0 Å². The zero-order valence-electron chi connectivity index (χ0n) is 5.74. The smallest absolute Gasteiger partial charge is 0.0661 e. The Hall–Kier alpha value is 0.0600. The lowest BCUT2D eigenvalue weighted by molar-refractivity contribution is 0.617. The first-order valence-electron chi connectivity index (χ1n) is 3.33. The van der Waals surface area contributed by atoms with E-state index in [0.717, 1.165) is 24.3 Å². The highest BCUT2D eigenvalue weighted by Gasteiger charge is 2.25. The van der Waals surface area contributed by atoms with Crippen LogP contribution in [-0.4, -0.2) is 4.87 Å². The molecule has 0 amide bonds. The van der Waals surface area contributed by atoms with E-state index < -0.39 is 0 Å². The van der Waals surface area contributed by atoms with Crippen LogP contribution in [-0.2, 0) is 0 Å². The molecular formula is C8H10Cl2. The third-order valence-electron chi connectivity index (χ3n) is 1.81. The zero-order chi connectivity index (χ0) is 7.61. The number of alkyl halides is 1. The van der Waals surface area contributed by atoms with E-state index in [1.54, 1.807) is 6.08 Å². The maximum atomic E-state index is 6.10. The van der Waals surface area contributed by atoms with E-state index in [4.69, 9.17) is 23.2 Å². The summed E-state index contributed by atoms with van der Waals surface area (Å²) in [6.07, 6.45) is 6.38. The lowest BCUT2D eigenvalue weighted by Crippen LogP contribution is -2.19. The molecule has 0 heterocycles. The Morgan fingerprint density at radius 2 is 2.40 bits per heavy atom. The molecule has 0 aliphatic heterocycles. The molecule has 1 aliphatic rings. The molecule has 0 spiro atoms. The summed E-state index contributed by atoms with van der Waals surface area (Å²) in [7, 11) is 0. The highest BCUT2D eigenvalue weighted by molar-refractivity contribution is 6.30. The van der Waals surface area contributed by atoms with Crippen molar-refractivity contribution in [1.29, 1.82) is 0 Å². The largest absolute Gasteiger partial charge is 0.114 e. The molecule has 0 radical (unpaired) electrons. The van der Waals surface area contributed by atoms with Crippen molar-refractivity contribution < 1.29 is 0 Å². The third-order valence-corrected chi connectivity index (χ3v) is 2.65. The second kappa shape index (κ2) is 2.98. The number of rotatable bonds is 1. The second-order valence-electron chi connectivity index (χ2n) is 2.59. The Morgan fingerprint density at radius 3 is 2.80 bits per heavy atom. The molecule has 2 heteroatoms. The molecule has 1 aliphatic carbocycles. The van der Waals surface area contributed by atoms with Gasteiger partial charge in [0.1, 0.15) is 0 Å². The van der Waals surface area contributed by atoms with Gasteiger partial charge in [0.2, 0.25) is 0 Å². The van der Waals surface area contributed by atoms with Crippen molar-refractivity contribution in [3.05, 3.63) is 23.8 Å². The Labute approximate surface area is 71.5 Å². The molecule has 0 saturated heterocycles. The van der Waals surface area contributed by atoms with Gasteiger partial charge in [-0.1, -0.05) is 23.8 Å². The predicted octanol–water partition coefficient (Wildman–Crippen LogP) is 3.46. The van der Waals surface area contributed by atoms with Crippen molar-refractivity contribution in [2.75, 3.05) is 0 Å². The molecule has 1 unspecified atom stereocenters. The van der Waals surface area contributed by atoms with Crippen molar-refractivity contribution in [1.82, 2.24) is 0 Å². The van der Waals surface area contributed by atoms with Crippen LogP contribution in [0.25, 0.3) is 0 Å². The average Bonchev–Trinajstić information content (AvgIpc) is 1.96. The number of hydrogen-bond acceptors (Lipinski definition) is 0. The van der Waals surface area contributed by atoms with Gasteiger partial charge in [0, 0.05) is 5.03 Å². The minimum absolute atomic E-state index is 0.224. The van der Waals surface area contributed by atoms with Crippen LogP contribution in [0, 0.1) is 0 Å². The highest BCUT2D eigenvalue weighted by atomic mass is 35.5. The van der Waals surface area contributed by atoms with Crippen LogP contribution < -0.4 is 0 Å². The topological polar surface area (TPSA) is 0 Å². The van der Waals surface area contributed by atoms with Gasteiger partial charge >= 0.3 is 0 Å². The van der Waals surface area contributed by atoms with Gasteiger partial charge in [0.05, 0.1) is 4.87 Å². The zero-order valence-corrected chi connectivity index (χ0v) is 7.25. The number of halogens is 2. The molecule has 10 heavy (non-hydrogen) atoms. The van der Waals surface area contributed by atoms with Crippen LogP contribution >= 0.6 is 23.2 Å². The first-order chi connectivity index (χ1) is 4.66. The standard InChI is InChI=1S/C8H10Cl2/c1-2-8(10)5-3-7(9)4-6-8/h2-3H,1,4-6H2. The summed E-state index contributed by atoms with van der Waals surface area (Å²) in [4.78, 5) is -0.224. The van der Waals surface area contributed by atoms with Gasteiger partial charge in [0.25, 0.3) is 0 Å². The molecule has 1 atom stereocenters. The Balaban J connectivity index is 2.64. The molecule has 0 bridgehead atoms. The van der Waals surface area contributed by atoms with E-state index in [9.17, 15) is 0 Å². The van der Waals surface area contributed by atoms with Gasteiger partial charge in [-0.05, 0) is 19.3 Å². The first-order valence-corrected chi connectivity index (χ1v) is 4.09. The quantitative estimate of drug-likeness (QED) is 0.425. The van der Waals surface area contributed by atoms with Gasteiger partial charge in [-0.15, -0.1) is 18.2 Å². The normalized spacial score (nSPS) is 33.2. The minimum Gasteiger partial charge on any atom is -0.114 e. The third kappa shape index (κ3) is 1.77. The summed E-state index contributed by atoms with van der Waals surface area (Å²) in [5.41, 5.74) is 0. The molecule has 56 valence electrons. The van der Waals surface area contributed by atoms with Crippen molar-refractivity contribution in [3.8, 4) is 0 Å². The summed E-state index contributed by atoms with van der Waals surface area (Å²) in [5, 5.41) is 0.929. The van der Waals surface area contributed by atoms with E-state index in [-0.39, 0.29) is 4.87 Å². The molecule has 1 rings (SSSR count). The lowest BCUT2D eigenvalue weighted by atomic mass is 9.93. The van der Waals surface area contributed by atoms with Gasteiger partial charge in [-0.25, -0.2) is 0 Å². The maximum absolute atomic E-state index is 6.10. The maximum Gasteiger partial charge on any atom is 0.0661 e. The van der Waals surface area contributed by atoms with Crippen LogP contribution in [0.5, 0.6) is 0 Å². The van der Waals surface area contributed by atoms with Crippen LogP contribution in [0.1, 0.15) is 19.3 Å². The fraction of sp³-hybridized carbons (Fsp3) is 0.500. The molecule has 0 aromatic heterocycles. The van der Waals surface area contributed by atoms with E-state index >= 15 is 0 Å². The van der Waals surface area contributed by atoms with Gasteiger partial charge in [-0.3, -0.25) is 0 Å². The SMILES string of the molecule is C=CC1(Cl)CC=C(Cl)CC1. The van der Waals surface area contributed by atoms with Crippen LogP contribution in [0.4, 0.5) is 0 Å².